The molecule has 34 heavy (non-hydrogen) atoms. The van der Waals surface area contributed by atoms with Gasteiger partial charge in [0.15, 0.2) is 0 Å². The summed E-state index contributed by atoms with van der Waals surface area (Å²) in [5, 5.41) is 1.87. The monoisotopic (exact) mass is 624 g/mol. The van der Waals surface area contributed by atoms with Crippen molar-refractivity contribution in [1.29, 1.82) is 0 Å². The van der Waals surface area contributed by atoms with E-state index in [1.54, 1.807) is 12.1 Å². The predicted octanol–water partition coefficient (Wildman–Crippen LogP) is 7.61. The molecule has 0 N–H and O–H groups in total. The van der Waals surface area contributed by atoms with E-state index in [4.69, 9.17) is 11.3 Å². The molecule has 6 aromatic rings. The van der Waals surface area contributed by atoms with Gasteiger partial charge in [-0.15, -0.1) is 53.6 Å². The van der Waals surface area contributed by atoms with Crippen LogP contribution in [0.5, 0.6) is 0 Å². The number of pyridine rings is 2. The van der Waals surface area contributed by atoms with Crippen LogP contribution >= 0.6 is 0 Å². The van der Waals surface area contributed by atoms with Crippen LogP contribution in [0, 0.1) is 25.9 Å². The summed E-state index contributed by atoms with van der Waals surface area (Å²) in [6.07, 6.45) is 3.01. The zero-order chi connectivity index (χ0) is 26.9. The van der Waals surface area contributed by atoms with Crippen molar-refractivity contribution in [2.75, 3.05) is 0 Å². The largest absolute Gasteiger partial charge is 0.476 e. The van der Waals surface area contributed by atoms with E-state index in [9.17, 15) is 0 Å². The second-order valence-electron chi connectivity index (χ2n) is 7.49. The van der Waals surface area contributed by atoms with Gasteiger partial charge >= 0.3 is 0 Å². The summed E-state index contributed by atoms with van der Waals surface area (Å²) in [6.45, 7) is -0.434. The average Bonchev–Trinajstić information content (AvgIpc) is 3.29. The van der Waals surface area contributed by atoms with Crippen LogP contribution in [-0.4, -0.2) is 9.97 Å². The number of hydrogen-bond acceptors (Lipinski definition) is 3. The predicted molar refractivity (Wildman–Crippen MR) is 134 cm³/mol. The summed E-state index contributed by atoms with van der Waals surface area (Å²) < 4.78 is 44.2. The van der Waals surface area contributed by atoms with E-state index in [1.807, 2.05) is 67.7 Å². The van der Waals surface area contributed by atoms with Gasteiger partial charge in [-0.25, -0.2) is 0 Å². The number of aromatic nitrogens is 2. The second kappa shape index (κ2) is 10.6. The minimum atomic E-state index is -2.47. The molecule has 3 aromatic heterocycles. The van der Waals surface area contributed by atoms with Crippen LogP contribution in [0.2, 0.25) is 0 Å². The molecule has 0 atom stereocenters. The molecule has 0 amide bonds. The fraction of sp³-hybridized carbons (Fsp3) is 0.0667. The van der Waals surface area contributed by atoms with Crippen LogP contribution in [0.25, 0.3) is 44.5 Å². The Morgan fingerprint density at radius 2 is 1.62 bits per heavy atom. The Bertz CT molecular complexity index is 1730. The van der Waals surface area contributed by atoms with Gasteiger partial charge in [0.1, 0.15) is 5.58 Å². The summed E-state index contributed by atoms with van der Waals surface area (Å²) in [4.78, 5) is 8.41. The summed E-state index contributed by atoms with van der Waals surface area (Å²) in [6, 6.07) is 28.7. The molecule has 0 saturated carbocycles. The first-order valence-corrected chi connectivity index (χ1v) is 10.4. The second-order valence-corrected chi connectivity index (χ2v) is 7.49. The van der Waals surface area contributed by atoms with Gasteiger partial charge in [-0.1, -0.05) is 53.9 Å². The van der Waals surface area contributed by atoms with Gasteiger partial charge in [-0.05, 0) is 47.7 Å². The first-order valence-electron chi connectivity index (χ1n) is 12.9. The van der Waals surface area contributed by atoms with Crippen LogP contribution in [-0.2, 0) is 20.1 Å². The number of hydrogen-bond donors (Lipinski definition) is 0. The molecule has 4 heteroatoms. The maximum absolute atomic E-state index is 8.12. The molecule has 6 rings (SSSR count). The fourth-order valence-electron chi connectivity index (χ4n) is 3.44. The molecular weight excluding hydrogens is 597 g/mol. The van der Waals surface area contributed by atoms with Crippen molar-refractivity contribution in [3.63, 3.8) is 0 Å². The number of furan rings is 1. The van der Waals surface area contributed by atoms with Crippen molar-refractivity contribution in [2.24, 2.45) is 0 Å². The van der Waals surface area contributed by atoms with Crippen LogP contribution in [0.15, 0.2) is 102 Å². The van der Waals surface area contributed by atoms with Crippen LogP contribution in [0.3, 0.4) is 0 Å². The molecule has 0 aliphatic rings. The molecule has 0 saturated heterocycles. The Labute approximate surface area is 219 Å². The van der Waals surface area contributed by atoms with Gasteiger partial charge in [-0.3, -0.25) is 0 Å². The van der Waals surface area contributed by atoms with E-state index in [0.29, 0.717) is 11.1 Å². The summed E-state index contributed by atoms with van der Waals surface area (Å²) in [5.41, 5.74) is 5.05. The Morgan fingerprint density at radius 1 is 0.794 bits per heavy atom. The third kappa shape index (κ3) is 5.14. The Morgan fingerprint density at radius 3 is 2.41 bits per heavy atom. The van der Waals surface area contributed by atoms with Crippen molar-refractivity contribution in [3.8, 4) is 22.5 Å². The molecule has 3 aromatic carbocycles. The first kappa shape index (κ1) is 17.8. The molecule has 0 fully saturated rings. The van der Waals surface area contributed by atoms with Crippen LogP contribution in [0.1, 0.15) is 18.0 Å². The molecule has 0 aliphatic heterocycles. The summed E-state index contributed by atoms with van der Waals surface area (Å²) in [7, 11) is 0. The number of aryl methyl sites for hydroxylation is 2. The summed E-state index contributed by atoms with van der Waals surface area (Å²) in [5.74, 6) is 0. The molecule has 0 unspecified atom stereocenters. The van der Waals surface area contributed by atoms with E-state index in [2.05, 4.69) is 28.2 Å². The molecule has 1 radical (unpaired) electrons. The fourth-order valence-corrected chi connectivity index (χ4v) is 3.44. The van der Waals surface area contributed by atoms with Crippen molar-refractivity contribution in [1.82, 2.24) is 9.97 Å². The van der Waals surface area contributed by atoms with Crippen molar-refractivity contribution >= 4 is 21.9 Å². The molecule has 0 aliphatic carbocycles. The molecule has 0 bridgehead atoms. The number of rotatable bonds is 2. The Hall–Kier alpha value is -3.59. The normalized spacial score (nSPS) is 12.9. The Kier molecular flexibility index (Phi) is 5.54. The molecular formula is C30H22IrN2O-2. The smallest absolute Gasteiger partial charge is 0.123 e. The van der Waals surface area contributed by atoms with Gasteiger partial charge in [0.25, 0.3) is 0 Å². The van der Waals surface area contributed by atoms with Gasteiger partial charge < -0.3 is 14.4 Å². The summed E-state index contributed by atoms with van der Waals surface area (Å²) >= 11 is 0. The van der Waals surface area contributed by atoms with E-state index >= 15 is 0 Å². The quantitative estimate of drug-likeness (QED) is 0.187. The third-order valence-electron chi connectivity index (χ3n) is 5.10. The van der Waals surface area contributed by atoms with Gasteiger partial charge in [-0.2, -0.15) is 0 Å². The maximum atomic E-state index is 8.12. The minimum Gasteiger partial charge on any atom is -0.476 e. The van der Waals surface area contributed by atoms with E-state index in [0.717, 1.165) is 33.8 Å². The molecule has 3 nitrogen and oxygen atoms in total. The third-order valence-corrected chi connectivity index (χ3v) is 5.10. The van der Waals surface area contributed by atoms with E-state index in [-0.39, 0.29) is 43.4 Å². The van der Waals surface area contributed by atoms with Crippen LogP contribution < -0.4 is 0 Å². The van der Waals surface area contributed by atoms with Gasteiger partial charge in [0.05, 0.1) is 8.32 Å². The number of fused-ring (bicyclic) bond motifs is 3. The van der Waals surface area contributed by atoms with Crippen molar-refractivity contribution < 1.29 is 31.4 Å². The van der Waals surface area contributed by atoms with Gasteiger partial charge in [0.2, 0.25) is 0 Å². The first-order chi connectivity index (χ1) is 18.2. The van der Waals surface area contributed by atoms with Crippen molar-refractivity contribution in [2.45, 2.75) is 13.8 Å². The molecule has 3 heterocycles. The zero-order valence-electron chi connectivity index (χ0n) is 23.2. The zero-order valence-corrected chi connectivity index (χ0v) is 20.6. The van der Waals surface area contributed by atoms with E-state index in [1.165, 1.54) is 5.56 Å². The molecule has 169 valence electrons. The van der Waals surface area contributed by atoms with Crippen molar-refractivity contribution in [3.05, 3.63) is 121 Å². The maximum Gasteiger partial charge on any atom is 0.123 e. The average molecular weight is 624 g/mol. The number of para-hydroxylation sites is 1. The number of nitrogens with zero attached hydrogens (tertiary/aromatic N) is 2. The Balaban J connectivity index is 0.000000213. The topological polar surface area (TPSA) is 38.9 Å². The van der Waals surface area contributed by atoms with Gasteiger partial charge in [0, 0.05) is 36.6 Å². The van der Waals surface area contributed by atoms with Crippen LogP contribution in [0.4, 0.5) is 0 Å². The SMILES string of the molecule is Cc1ccc(-c2[c-]cccc2)nc1.[2H]c1c(C([2H])([2H])[2H])cnc(-c2[c-]cc3c(c2)oc2ccccc23)c1[2H].[Ir]. The van der Waals surface area contributed by atoms with E-state index < -0.39 is 6.85 Å². The minimum absolute atomic E-state index is 0. The number of benzene rings is 3. The molecule has 0 spiro atoms. The standard InChI is InChI=1S/C18H12NO.C12H10N.Ir/c1-12-6-9-16(19-11-12)13-7-8-15-14-4-2-3-5-17(14)20-18(15)10-13;1-10-7-8-12(13-9-10)11-5-3-2-4-6-11;/h2-6,8-11H,1H3;2-5,7-9H,1H3;/q2*-1;/i1D3,6D,9D;;.